The summed E-state index contributed by atoms with van der Waals surface area (Å²) in [6.45, 7) is 6.11. The van der Waals surface area contributed by atoms with Crippen molar-refractivity contribution in [2.75, 3.05) is 11.1 Å². The molecular formula is C26H21N7. The average molecular weight is 432 g/mol. The number of anilines is 3. The number of fused-ring (bicyclic) bond motifs is 1. The van der Waals surface area contributed by atoms with Crippen LogP contribution in [-0.2, 0) is 0 Å². The Morgan fingerprint density at radius 3 is 2.39 bits per heavy atom. The quantitative estimate of drug-likeness (QED) is 0.417. The lowest BCUT2D eigenvalue weighted by Crippen LogP contribution is -2.04. The lowest BCUT2D eigenvalue weighted by atomic mass is 9.91. The predicted octanol–water partition coefficient (Wildman–Crippen LogP) is 5.35. The number of allylic oxidation sites excluding steroid dienone is 1. The van der Waals surface area contributed by atoms with Gasteiger partial charge in [0.1, 0.15) is 17.7 Å². The Kier molecular flexibility index (Phi) is 5.71. The number of aromatic nitrogens is 3. The molecule has 2 heterocycles. The molecule has 2 aromatic carbocycles. The van der Waals surface area contributed by atoms with E-state index in [1.165, 1.54) is 12.3 Å². The molecule has 7 nitrogen and oxygen atoms in total. The molecule has 0 saturated carbocycles. The number of rotatable bonds is 4. The monoisotopic (exact) mass is 431 g/mol. The van der Waals surface area contributed by atoms with Crippen LogP contribution in [0, 0.1) is 43.4 Å². The van der Waals surface area contributed by atoms with Gasteiger partial charge in [-0.2, -0.15) is 15.5 Å². The van der Waals surface area contributed by atoms with Crippen LogP contribution in [0.3, 0.4) is 0 Å². The molecule has 0 spiro atoms. The van der Waals surface area contributed by atoms with E-state index in [1.54, 1.807) is 18.2 Å². The fourth-order valence-corrected chi connectivity index (χ4v) is 3.95. The number of nitrogens with two attached hydrogens (primary N) is 1. The van der Waals surface area contributed by atoms with Crippen molar-refractivity contribution in [1.82, 2.24) is 15.0 Å². The minimum atomic E-state index is 0.325. The minimum absolute atomic E-state index is 0.325. The summed E-state index contributed by atoms with van der Waals surface area (Å²) in [6.07, 6.45) is 4.75. The van der Waals surface area contributed by atoms with Gasteiger partial charge in [0.2, 0.25) is 5.95 Å². The minimum Gasteiger partial charge on any atom is -0.383 e. The first-order valence-electron chi connectivity index (χ1n) is 10.3. The van der Waals surface area contributed by atoms with Crippen molar-refractivity contribution in [2.24, 2.45) is 0 Å². The highest BCUT2D eigenvalue weighted by Crippen LogP contribution is 2.36. The van der Waals surface area contributed by atoms with Crippen molar-refractivity contribution in [1.29, 1.82) is 10.5 Å². The van der Waals surface area contributed by atoms with E-state index in [0.717, 1.165) is 44.3 Å². The number of aryl methyl sites for hydroxylation is 3. The van der Waals surface area contributed by atoms with Crippen LogP contribution in [0.15, 0.2) is 48.7 Å². The van der Waals surface area contributed by atoms with Crippen molar-refractivity contribution < 1.29 is 0 Å². The maximum absolute atomic E-state index is 8.97. The first-order chi connectivity index (χ1) is 15.9. The van der Waals surface area contributed by atoms with Crippen LogP contribution in [0.5, 0.6) is 0 Å². The van der Waals surface area contributed by atoms with Gasteiger partial charge in [-0.05, 0) is 78.9 Å². The van der Waals surface area contributed by atoms with Crippen molar-refractivity contribution in [3.8, 4) is 23.3 Å². The van der Waals surface area contributed by atoms with Gasteiger partial charge < -0.3 is 11.1 Å². The van der Waals surface area contributed by atoms with E-state index >= 15 is 0 Å². The van der Waals surface area contributed by atoms with Crippen molar-refractivity contribution >= 4 is 34.6 Å². The average Bonchev–Trinajstić information content (AvgIpc) is 2.78. The molecule has 7 heteroatoms. The molecule has 4 aromatic rings. The second-order valence-electron chi connectivity index (χ2n) is 7.80. The molecule has 0 aliphatic carbocycles. The number of hydrogen-bond acceptors (Lipinski definition) is 7. The first-order valence-corrected chi connectivity index (χ1v) is 10.3. The van der Waals surface area contributed by atoms with Crippen molar-refractivity contribution in [2.45, 2.75) is 20.8 Å². The normalized spacial score (nSPS) is 10.8. The van der Waals surface area contributed by atoms with Crippen LogP contribution in [0.4, 0.5) is 17.6 Å². The Morgan fingerprint density at radius 2 is 1.76 bits per heavy atom. The predicted molar refractivity (Wildman–Crippen MR) is 130 cm³/mol. The van der Waals surface area contributed by atoms with Gasteiger partial charge in [0.15, 0.2) is 0 Å². The number of nitrogens with one attached hydrogen (secondary N) is 1. The van der Waals surface area contributed by atoms with Crippen LogP contribution in [0.1, 0.15) is 27.8 Å². The van der Waals surface area contributed by atoms with Gasteiger partial charge in [-0.15, -0.1) is 0 Å². The highest BCUT2D eigenvalue weighted by molar-refractivity contribution is 6.01. The summed E-state index contributed by atoms with van der Waals surface area (Å²) in [5.74, 6) is 1.21. The molecule has 33 heavy (non-hydrogen) atoms. The summed E-state index contributed by atoms with van der Waals surface area (Å²) in [5, 5.41) is 21.7. The van der Waals surface area contributed by atoms with Gasteiger partial charge in [-0.25, -0.2) is 9.97 Å². The second-order valence-corrected chi connectivity index (χ2v) is 7.80. The third kappa shape index (κ3) is 4.34. The van der Waals surface area contributed by atoms with Gasteiger partial charge >= 0.3 is 0 Å². The number of nitrogen functional groups attached to an aromatic ring is 1. The van der Waals surface area contributed by atoms with E-state index in [2.05, 4.69) is 33.5 Å². The lowest BCUT2D eigenvalue weighted by molar-refractivity contribution is 1.18. The third-order valence-corrected chi connectivity index (χ3v) is 5.28. The molecule has 0 amide bonds. The zero-order valence-electron chi connectivity index (χ0n) is 18.5. The Morgan fingerprint density at radius 1 is 1.00 bits per heavy atom. The van der Waals surface area contributed by atoms with Crippen LogP contribution in [-0.4, -0.2) is 15.0 Å². The maximum Gasteiger partial charge on any atom is 0.230 e. The van der Waals surface area contributed by atoms with E-state index in [0.29, 0.717) is 23.1 Å². The summed E-state index contributed by atoms with van der Waals surface area (Å²) in [7, 11) is 0. The summed E-state index contributed by atoms with van der Waals surface area (Å²) < 4.78 is 0. The molecule has 0 fully saturated rings. The van der Waals surface area contributed by atoms with E-state index in [-0.39, 0.29) is 0 Å². The second kappa shape index (κ2) is 8.78. The Labute approximate surface area is 191 Å². The van der Waals surface area contributed by atoms with E-state index in [4.69, 9.17) is 21.2 Å². The van der Waals surface area contributed by atoms with Gasteiger partial charge in [-0.1, -0.05) is 12.1 Å². The molecule has 2 aromatic heterocycles. The lowest BCUT2D eigenvalue weighted by Gasteiger charge is -2.16. The Bertz CT molecular complexity index is 1460. The van der Waals surface area contributed by atoms with Gasteiger partial charge in [-0.3, -0.25) is 0 Å². The number of nitrogens with zero attached hydrogens (tertiary/aromatic N) is 5. The van der Waals surface area contributed by atoms with E-state index < -0.39 is 0 Å². The van der Waals surface area contributed by atoms with E-state index in [9.17, 15) is 0 Å². The Hall–Kier alpha value is -4.75. The smallest absolute Gasteiger partial charge is 0.230 e. The summed E-state index contributed by atoms with van der Waals surface area (Å²) in [5.41, 5.74) is 13.7. The first kappa shape index (κ1) is 21.5. The zero-order valence-corrected chi connectivity index (χ0v) is 18.5. The zero-order chi connectivity index (χ0) is 23.5. The fourth-order valence-electron chi connectivity index (χ4n) is 3.95. The molecule has 0 saturated heterocycles. The largest absolute Gasteiger partial charge is 0.383 e. The molecule has 0 radical (unpaired) electrons. The molecular weight excluding hydrogens is 410 g/mol. The summed E-state index contributed by atoms with van der Waals surface area (Å²) in [4.78, 5) is 13.4. The van der Waals surface area contributed by atoms with Crippen molar-refractivity contribution in [3.05, 3.63) is 76.5 Å². The maximum atomic E-state index is 8.97. The van der Waals surface area contributed by atoms with Gasteiger partial charge in [0.05, 0.1) is 17.1 Å². The molecule has 0 bridgehead atoms. The third-order valence-electron chi connectivity index (χ3n) is 5.28. The number of nitriles is 2. The van der Waals surface area contributed by atoms with Crippen LogP contribution >= 0.6 is 0 Å². The molecule has 0 unspecified atom stereocenters. The number of benzene rings is 2. The van der Waals surface area contributed by atoms with Crippen molar-refractivity contribution in [3.63, 3.8) is 0 Å². The van der Waals surface area contributed by atoms with Gasteiger partial charge in [0, 0.05) is 23.2 Å². The number of pyridine rings is 1. The number of hydrogen-bond donors (Lipinski definition) is 2. The van der Waals surface area contributed by atoms with E-state index in [1.807, 2.05) is 39.0 Å². The molecule has 0 atom stereocenters. The summed E-state index contributed by atoms with van der Waals surface area (Å²) >= 11 is 0. The molecule has 0 aliphatic rings. The van der Waals surface area contributed by atoms with Gasteiger partial charge in [0.25, 0.3) is 0 Å². The Balaban J connectivity index is 1.88. The van der Waals surface area contributed by atoms with Crippen LogP contribution < -0.4 is 11.1 Å². The SMILES string of the molecule is Cc1cc(-c2c(C)cc(/C=C\C#N)cc2C)c2nc(Nc3ccc(C#N)cn3)nc(N)c2c1. The van der Waals surface area contributed by atoms with Crippen LogP contribution in [0.2, 0.25) is 0 Å². The topological polar surface area (TPSA) is 124 Å². The summed E-state index contributed by atoms with van der Waals surface area (Å²) in [6, 6.07) is 15.6. The molecule has 3 N–H and O–H groups in total. The molecule has 4 rings (SSSR count). The standard InChI is InChI=1S/C26H21N7/c1-15-9-20(23-16(2)11-18(5-4-8-27)12-17(23)3)24-21(10-15)25(29)33-26(32-24)31-22-7-6-19(13-28)14-30-22/h4-7,9-12,14H,1-3H3,(H3,29,30,31,32,33)/b5-4-. The van der Waals surface area contributed by atoms with Crippen LogP contribution in [0.25, 0.3) is 28.1 Å². The highest BCUT2D eigenvalue weighted by atomic mass is 15.2. The fraction of sp³-hybridized carbons (Fsp3) is 0.115. The molecule has 160 valence electrons. The molecule has 0 aliphatic heterocycles. The highest BCUT2D eigenvalue weighted by Gasteiger charge is 2.16.